The number of hydrogen-bond donors (Lipinski definition) is 2. The highest BCUT2D eigenvalue weighted by molar-refractivity contribution is 5.92. The van der Waals surface area contributed by atoms with Gasteiger partial charge in [-0.05, 0) is 31.4 Å². The number of anilines is 1. The molecule has 2 bridgehead atoms. The number of likely N-dealkylation sites (tertiary alicyclic amines) is 1. The first kappa shape index (κ1) is 14.4. The van der Waals surface area contributed by atoms with Crippen molar-refractivity contribution in [2.24, 2.45) is 0 Å². The van der Waals surface area contributed by atoms with E-state index in [0.717, 1.165) is 38.1 Å². The molecule has 0 spiro atoms. The Labute approximate surface area is 122 Å². The molecule has 2 saturated heterocycles. The van der Waals surface area contributed by atoms with E-state index >= 15 is 0 Å². The van der Waals surface area contributed by atoms with Gasteiger partial charge in [0, 0.05) is 31.2 Å². The minimum Gasteiger partial charge on any atom is -0.322 e. The lowest BCUT2D eigenvalue weighted by Gasteiger charge is -2.23. The summed E-state index contributed by atoms with van der Waals surface area (Å²) < 4.78 is 26.3. The summed E-state index contributed by atoms with van der Waals surface area (Å²) in [5.41, 5.74) is 0.0240. The number of hydrogen-bond acceptors (Lipinski definition) is 3. The summed E-state index contributed by atoms with van der Waals surface area (Å²) >= 11 is 0. The van der Waals surface area contributed by atoms with Gasteiger partial charge < -0.3 is 10.6 Å². The molecule has 2 atom stereocenters. The molecule has 114 valence electrons. The van der Waals surface area contributed by atoms with Crippen LogP contribution in [0.25, 0.3) is 0 Å². The fraction of sp³-hybridized carbons (Fsp3) is 0.533. The van der Waals surface area contributed by atoms with Crippen molar-refractivity contribution in [2.45, 2.75) is 31.3 Å². The summed E-state index contributed by atoms with van der Waals surface area (Å²) in [4.78, 5) is 14.1. The Balaban J connectivity index is 1.56. The maximum absolute atomic E-state index is 13.5. The molecular formula is C15H19F2N3O. The Kier molecular flexibility index (Phi) is 4.17. The molecule has 2 N–H and O–H groups in total. The van der Waals surface area contributed by atoms with Crippen LogP contribution in [0, 0.1) is 11.6 Å². The van der Waals surface area contributed by atoms with E-state index in [4.69, 9.17) is 0 Å². The molecule has 2 aliphatic heterocycles. The maximum atomic E-state index is 13.5. The minimum atomic E-state index is -0.750. The zero-order valence-corrected chi connectivity index (χ0v) is 11.7. The quantitative estimate of drug-likeness (QED) is 0.892. The standard InChI is InChI=1S/C15H19F2N3O/c16-10-1-4-14(13(17)7-10)19-15(21)9-20-6-5-11-2-3-12(8-20)18-11/h1,4,7,11-12,18H,2-3,5-6,8-9H2,(H,19,21). The van der Waals surface area contributed by atoms with Crippen molar-refractivity contribution in [1.82, 2.24) is 10.2 Å². The molecule has 3 rings (SSSR count). The molecule has 2 heterocycles. The van der Waals surface area contributed by atoms with Gasteiger partial charge in [-0.2, -0.15) is 0 Å². The second kappa shape index (κ2) is 6.07. The SMILES string of the molecule is O=C(CN1CCC2CCC(C1)N2)Nc1ccc(F)cc1F. The molecule has 4 nitrogen and oxygen atoms in total. The van der Waals surface area contributed by atoms with Crippen LogP contribution >= 0.6 is 0 Å². The third-order valence-electron chi connectivity index (χ3n) is 4.18. The Morgan fingerprint density at radius 1 is 1.29 bits per heavy atom. The number of halogens is 2. The van der Waals surface area contributed by atoms with Crippen LogP contribution in [0.5, 0.6) is 0 Å². The lowest BCUT2D eigenvalue weighted by atomic mass is 10.1. The van der Waals surface area contributed by atoms with Gasteiger partial charge in [-0.15, -0.1) is 0 Å². The average Bonchev–Trinajstić information content (AvgIpc) is 2.76. The predicted octanol–water partition coefficient (Wildman–Crippen LogP) is 1.73. The summed E-state index contributed by atoms with van der Waals surface area (Å²) in [5.74, 6) is -1.67. The highest BCUT2D eigenvalue weighted by Crippen LogP contribution is 2.20. The Morgan fingerprint density at radius 3 is 2.90 bits per heavy atom. The van der Waals surface area contributed by atoms with Crippen LogP contribution < -0.4 is 10.6 Å². The third kappa shape index (κ3) is 3.57. The van der Waals surface area contributed by atoms with Crippen LogP contribution in [0.1, 0.15) is 19.3 Å². The molecule has 2 aliphatic rings. The van der Waals surface area contributed by atoms with Crippen molar-refractivity contribution in [1.29, 1.82) is 0 Å². The van der Waals surface area contributed by atoms with E-state index in [1.807, 2.05) is 0 Å². The number of carbonyl (C=O) groups is 1. The Bertz CT molecular complexity index is 538. The summed E-state index contributed by atoms with van der Waals surface area (Å²) in [5, 5.41) is 6.05. The number of benzene rings is 1. The molecule has 0 saturated carbocycles. The molecule has 0 aliphatic carbocycles. The molecule has 2 fully saturated rings. The second-order valence-corrected chi connectivity index (χ2v) is 5.83. The van der Waals surface area contributed by atoms with E-state index < -0.39 is 11.6 Å². The van der Waals surface area contributed by atoms with Gasteiger partial charge in [0.25, 0.3) is 0 Å². The molecular weight excluding hydrogens is 276 g/mol. The molecule has 1 aromatic rings. The lowest BCUT2D eigenvalue weighted by Crippen LogP contribution is -2.39. The van der Waals surface area contributed by atoms with E-state index in [1.165, 1.54) is 12.5 Å². The van der Waals surface area contributed by atoms with Crippen LogP contribution in [0.4, 0.5) is 14.5 Å². The highest BCUT2D eigenvalue weighted by atomic mass is 19.1. The number of nitrogens with zero attached hydrogens (tertiary/aromatic N) is 1. The zero-order valence-electron chi connectivity index (χ0n) is 11.7. The molecule has 1 amide bonds. The third-order valence-corrected chi connectivity index (χ3v) is 4.18. The van der Waals surface area contributed by atoms with Gasteiger partial charge >= 0.3 is 0 Å². The van der Waals surface area contributed by atoms with Crippen molar-refractivity contribution in [3.05, 3.63) is 29.8 Å². The average molecular weight is 295 g/mol. The van der Waals surface area contributed by atoms with E-state index in [2.05, 4.69) is 15.5 Å². The van der Waals surface area contributed by atoms with Crippen molar-refractivity contribution in [3.63, 3.8) is 0 Å². The maximum Gasteiger partial charge on any atom is 0.238 e. The Hall–Kier alpha value is -1.53. The van der Waals surface area contributed by atoms with Gasteiger partial charge in [0.05, 0.1) is 12.2 Å². The predicted molar refractivity (Wildman–Crippen MR) is 76.0 cm³/mol. The number of carbonyl (C=O) groups excluding carboxylic acids is 1. The smallest absolute Gasteiger partial charge is 0.238 e. The number of rotatable bonds is 3. The van der Waals surface area contributed by atoms with Gasteiger partial charge in [0.15, 0.2) is 0 Å². The molecule has 2 unspecified atom stereocenters. The Morgan fingerprint density at radius 2 is 2.10 bits per heavy atom. The van der Waals surface area contributed by atoms with Crippen molar-refractivity contribution >= 4 is 11.6 Å². The lowest BCUT2D eigenvalue weighted by molar-refractivity contribution is -0.117. The van der Waals surface area contributed by atoms with E-state index in [9.17, 15) is 13.6 Å². The summed E-state index contributed by atoms with van der Waals surface area (Å²) in [6, 6.07) is 4.16. The van der Waals surface area contributed by atoms with Crippen molar-refractivity contribution in [2.75, 3.05) is 25.0 Å². The van der Waals surface area contributed by atoms with Gasteiger partial charge in [-0.3, -0.25) is 9.69 Å². The summed E-state index contributed by atoms with van der Waals surface area (Å²) in [7, 11) is 0. The topological polar surface area (TPSA) is 44.4 Å². The largest absolute Gasteiger partial charge is 0.322 e. The van der Waals surface area contributed by atoms with Crippen LogP contribution in [-0.4, -0.2) is 42.5 Å². The first-order valence-electron chi connectivity index (χ1n) is 7.33. The van der Waals surface area contributed by atoms with Crippen LogP contribution in [0.2, 0.25) is 0 Å². The normalized spacial score (nSPS) is 25.6. The summed E-state index contributed by atoms with van der Waals surface area (Å²) in [6.07, 6.45) is 3.40. The summed E-state index contributed by atoms with van der Waals surface area (Å²) in [6.45, 7) is 1.95. The van der Waals surface area contributed by atoms with Crippen molar-refractivity contribution < 1.29 is 13.6 Å². The van der Waals surface area contributed by atoms with E-state index in [0.29, 0.717) is 12.1 Å². The number of nitrogens with one attached hydrogen (secondary N) is 2. The number of fused-ring (bicyclic) bond motifs is 2. The van der Waals surface area contributed by atoms with E-state index in [1.54, 1.807) is 0 Å². The van der Waals surface area contributed by atoms with Crippen LogP contribution in [0.3, 0.4) is 0 Å². The molecule has 0 aromatic heterocycles. The van der Waals surface area contributed by atoms with Gasteiger partial charge in [-0.1, -0.05) is 0 Å². The number of amides is 1. The van der Waals surface area contributed by atoms with Crippen molar-refractivity contribution in [3.8, 4) is 0 Å². The molecule has 6 heteroatoms. The van der Waals surface area contributed by atoms with Gasteiger partial charge in [0.1, 0.15) is 11.6 Å². The van der Waals surface area contributed by atoms with Crippen LogP contribution in [0.15, 0.2) is 18.2 Å². The highest BCUT2D eigenvalue weighted by Gasteiger charge is 2.29. The van der Waals surface area contributed by atoms with Gasteiger partial charge in [0.2, 0.25) is 5.91 Å². The van der Waals surface area contributed by atoms with Gasteiger partial charge in [-0.25, -0.2) is 8.78 Å². The monoisotopic (exact) mass is 295 g/mol. The molecule has 21 heavy (non-hydrogen) atoms. The minimum absolute atomic E-state index is 0.0240. The first-order valence-corrected chi connectivity index (χ1v) is 7.33. The fourth-order valence-corrected chi connectivity index (χ4v) is 3.14. The molecule has 1 aromatic carbocycles. The van der Waals surface area contributed by atoms with Crippen LogP contribution in [-0.2, 0) is 4.79 Å². The zero-order chi connectivity index (χ0) is 14.8. The van der Waals surface area contributed by atoms with E-state index in [-0.39, 0.29) is 18.1 Å². The fourth-order valence-electron chi connectivity index (χ4n) is 3.14. The first-order chi connectivity index (χ1) is 10.1. The molecule has 0 radical (unpaired) electrons. The second-order valence-electron chi connectivity index (χ2n) is 5.83.